The van der Waals surface area contributed by atoms with Crippen molar-refractivity contribution in [2.45, 2.75) is 13.3 Å². The van der Waals surface area contributed by atoms with Gasteiger partial charge in [0.05, 0.1) is 0 Å². The van der Waals surface area contributed by atoms with Crippen LogP contribution in [-0.2, 0) is 14.3 Å². The van der Waals surface area contributed by atoms with Crippen molar-refractivity contribution in [3.63, 3.8) is 0 Å². The molecule has 4 nitrogen and oxygen atoms in total. The molecule has 0 bridgehead atoms. The van der Waals surface area contributed by atoms with Gasteiger partial charge in [-0.15, -0.1) is 0 Å². The van der Waals surface area contributed by atoms with Gasteiger partial charge in [-0.25, -0.2) is 0 Å². The van der Waals surface area contributed by atoms with Gasteiger partial charge in [-0.1, -0.05) is 6.92 Å². The van der Waals surface area contributed by atoms with Gasteiger partial charge in [-0.3, -0.25) is 9.59 Å². The van der Waals surface area contributed by atoms with Gasteiger partial charge < -0.3 is 9.64 Å². The van der Waals surface area contributed by atoms with Crippen LogP contribution in [0.3, 0.4) is 0 Å². The Hall–Kier alpha value is -0.900. The quantitative estimate of drug-likeness (QED) is 0.611. The number of carbonyl (C=O) groups excluding carboxylic acids is 2. The standard InChI is InChI=1S/C9H15NO3/c1-7-5-10(4-3-8(7)11)9(12)6-13-2/h7H,3-6H2,1-2H3. The number of carbonyl (C=O) groups is 2. The highest BCUT2D eigenvalue weighted by atomic mass is 16.5. The summed E-state index contributed by atoms with van der Waals surface area (Å²) in [5.41, 5.74) is 0. The monoisotopic (exact) mass is 185 g/mol. The van der Waals surface area contributed by atoms with Gasteiger partial charge in [0.2, 0.25) is 5.91 Å². The lowest BCUT2D eigenvalue weighted by Gasteiger charge is -2.29. The maximum atomic E-state index is 11.3. The third-order valence-electron chi connectivity index (χ3n) is 2.29. The van der Waals surface area contributed by atoms with Crippen LogP contribution >= 0.6 is 0 Å². The zero-order valence-corrected chi connectivity index (χ0v) is 8.08. The molecule has 13 heavy (non-hydrogen) atoms. The minimum atomic E-state index is -0.0261. The average molecular weight is 185 g/mol. The van der Waals surface area contributed by atoms with E-state index in [1.807, 2.05) is 6.92 Å². The number of amides is 1. The predicted octanol–water partition coefficient (Wildman–Crippen LogP) is 0.0703. The van der Waals surface area contributed by atoms with Gasteiger partial charge in [-0.05, 0) is 0 Å². The third-order valence-corrected chi connectivity index (χ3v) is 2.29. The molecule has 1 amide bonds. The van der Waals surface area contributed by atoms with Crippen LogP contribution in [0.5, 0.6) is 0 Å². The topological polar surface area (TPSA) is 46.6 Å². The summed E-state index contributed by atoms with van der Waals surface area (Å²) in [5.74, 6) is 0.206. The fourth-order valence-corrected chi connectivity index (χ4v) is 1.46. The number of hydrogen-bond donors (Lipinski definition) is 0. The fourth-order valence-electron chi connectivity index (χ4n) is 1.46. The van der Waals surface area contributed by atoms with Crippen LogP contribution in [0.2, 0.25) is 0 Å². The number of hydrogen-bond acceptors (Lipinski definition) is 3. The van der Waals surface area contributed by atoms with E-state index in [1.165, 1.54) is 7.11 Å². The molecule has 1 aliphatic rings. The Labute approximate surface area is 77.8 Å². The van der Waals surface area contributed by atoms with Crippen LogP contribution in [0.1, 0.15) is 13.3 Å². The summed E-state index contributed by atoms with van der Waals surface area (Å²) in [6, 6.07) is 0. The largest absolute Gasteiger partial charge is 0.375 e. The Morgan fingerprint density at radius 2 is 2.38 bits per heavy atom. The molecule has 0 spiro atoms. The first-order chi connectivity index (χ1) is 6.15. The molecule has 1 rings (SSSR count). The van der Waals surface area contributed by atoms with Crippen LogP contribution < -0.4 is 0 Å². The molecule has 0 aromatic heterocycles. The zero-order valence-electron chi connectivity index (χ0n) is 8.08. The van der Waals surface area contributed by atoms with Crippen molar-refractivity contribution < 1.29 is 14.3 Å². The first-order valence-corrected chi connectivity index (χ1v) is 4.44. The number of rotatable bonds is 2. The Balaban J connectivity index is 2.45. The molecule has 1 fully saturated rings. The first-order valence-electron chi connectivity index (χ1n) is 4.44. The summed E-state index contributed by atoms with van der Waals surface area (Å²) in [7, 11) is 1.50. The van der Waals surface area contributed by atoms with E-state index >= 15 is 0 Å². The zero-order chi connectivity index (χ0) is 9.84. The summed E-state index contributed by atoms with van der Waals surface area (Å²) in [6.07, 6.45) is 0.483. The van der Waals surface area contributed by atoms with Crippen LogP contribution in [0.4, 0.5) is 0 Å². The fraction of sp³-hybridized carbons (Fsp3) is 0.778. The summed E-state index contributed by atoms with van der Waals surface area (Å²) >= 11 is 0. The van der Waals surface area contributed by atoms with E-state index < -0.39 is 0 Å². The molecular formula is C9H15NO3. The van der Waals surface area contributed by atoms with E-state index in [0.717, 1.165) is 0 Å². The maximum Gasteiger partial charge on any atom is 0.248 e. The van der Waals surface area contributed by atoms with E-state index in [4.69, 9.17) is 4.74 Å². The van der Waals surface area contributed by atoms with E-state index in [9.17, 15) is 9.59 Å². The minimum Gasteiger partial charge on any atom is -0.375 e. The van der Waals surface area contributed by atoms with E-state index in [0.29, 0.717) is 19.5 Å². The van der Waals surface area contributed by atoms with Gasteiger partial charge in [0.15, 0.2) is 0 Å². The van der Waals surface area contributed by atoms with Crippen molar-refractivity contribution in [3.05, 3.63) is 0 Å². The molecule has 1 aliphatic heterocycles. The Kier molecular flexibility index (Phi) is 3.42. The molecule has 4 heteroatoms. The van der Waals surface area contributed by atoms with Gasteiger partial charge in [-0.2, -0.15) is 0 Å². The van der Waals surface area contributed by atoms with Crippen molar-refractivity contribution >= 4 is 11.7 Å². The van der Waals surface area contributed by atoms with Gasteiger partial charge >= 0.3 is 0 Å². The van der Waals surface area contributed by atoms with E-state index in [-0.39, 0.29) is 24.2 Å². The summed E-state index contributed by atoms with van der Waals surface area (Å²) in [4.78, 5) is 24.2. The van der Waals surface area contributed by atoms with Crippen LogP contribution in [0.15, 0.2) is 0 Å². The minimum absolute atomic E-state index is 0.0189. The molecule has 1 atom stereocenters. The number of nitrogens with zero attached hydrogens (tertiary/aromatic N) is 1. The van der Waals surface area contributed by atoms with Gasteiger partial charge in [0.25, 0.3) is 0 Å². The number of Topliss-reactive ketones (excluding diaryl/α,β-unsaturated/α-hetero) is 1. The molecule has 1 unspecified atom stereocenters. The smallest absolute Gasteiger partial charge is 0.248 e. The number of likely N-dealkylation sites (tertiary alicyclic amines) is 1. The lowest BCUT2D eigenvalue weighted by molar-refractivity contribution is -0.139. The second kappa shape index (κ2) is 4.37. The van der Waals surface area contributed by atoms with Crippen LogP contribution in [-0.4, -0.2) is 43.4 Å². The summed E-state index contributed by atoms with van der Waals surface area (Å²) in [6.45, 7) is 3.06. The average Bonchev–Trinajstić information content (AvgIpc) is 2.10. The Bertz CT molecular complexity index is 215. The molecule has 0 N–H and O–H groups in total. The molecule has 0 saturated carbocycles. The number of piperidine rings is 1. The van der Waals surface area contributed by atoms with Gasteiger partial charge in [0, 0.05) is 32.5 Å². The molecule has 0 aromatic rings. The lowest BCUT2D eigenvalue weighted by atomic mass is 9.99. The second-order valence-corrected chi connectivity index (χ2v) is 3.39. The van der Waals surface area contributed by atoms with Crippen molar-refractivity contribution in [1.29, 1.82) is 0 Å². The number of ketones is 1. The van der Waals surface area contributed by atoms with Crippen molar-refractivity contribution in [2.24, 2.45) is 5.92 Å². The highest BCUT2D eigenvalue weighted by Crippen LogP contribution is 2.12. The maximum absolute atomic E-state index is 11.3. The van der Waals surface area contributed by atoms with Crippen LogP contribution in [0, 0.1) is 5.92 Å². The molecule has 0 aliphatic carbocycles. The van der Waals surface area contributed by atoms with E-state index in [2.05, 4.69) is 0 Å². The first kappa shape index (κ1) is 10.2. The third kappa shape index (κ3) is 2.52. The lowest BCUT2D eigenvalue weighted by Crippen LogP contribution is -2.44. The number of ether oxygens (including phenoxy) is 1. The highest BCUT2D eigenvalue weighted by Gasteiger charge is 2.26. The molecular weight excluding hydrogens is 170 g/mol. The predicted molar refractivity (Wildman–Crippen MR) is 47.2 cm³/mol. The van der Waals surface area contributed by atoms with Crippen molar-refractivity contribution in [2.75, 3.05) is 26.8 Å². The van der Waals surface area contributed by atoms with Crippen LogP contribution in [0.25, 0.3) is 0 Å². The Morgan fingerprint density at radius 3 is 2.92 bits per heavy atom. The summed E-state index contributed by atoms with van der Waals surface area (Å²) < 4.78 is 4.74. The Morgan fingerprint density at radius 1 is 1.69 bits per heavy atom. The molecule has 1 heterocycles. The molecule has 1 saturated heterocycles. The molecule has 0 radical (unpaired) electrons. The second-order valence-electron chi connectivity index (χ2n) is 3.39. The van der Waals surface area contributed by atoms with E-state index in [1.54, 1.807) is 4.90 Å². The summed E-state index contributed by atoms with van der Waals surface area (Å²) in [5, 5.41) is 0. The van der Waals surface area contributed by atoms with Gasteiger partial charge in [0.1, 0.15) is 12.4 Å². The van der Waals surface area contributed by atoms with Crippen molar-refractivity contribution in [1.82, 2.24) is 4.90 Å². The molecule has 0 aromatic carbocycles. The SMILES string of the molecule is COCC(=O)N1CCC(=O)C(C)C1. The highest BCUT2D eigenvalue weighted by molar-refractivity contribution is 5.85. The normalized spacial score (nSPS) is 23.4. The van der Waals surface area contributed by atoms with Crippen molar-refractivity contribution in [3.8, 4) is 0 Å². The molecule has 74 valence electrons. The number of methoxy groups -OCH3 is 1.